The first-order valence-corrected chi connectivity index (χ1v) is 6.57. The Balaban J connectivity index is 2.37. The topological polar surface area (TPSA) is 0 Å². The van der Waals surface area contributed by atoms with Gasteiger partial charge in [0, 0.05) is 0 Å². The van der Waals surface area contributed by atoms with Gasteiger partial charge in [-0.25, -0.2) is 8.78 Å². The number of rotatable bonds is 2. The first-order chi connectivity index (χ1) is 8.49. The highest BCUT2D eigenvalue weighted by Gasteiger charge is 2.12. The number of aryl methyl sites for hydroxylation is 2. The van der Waals surface area contributed by atoms with Crippen LogP contribution in [0.2, 0.25) is 0 Å². The molecule has 0 saturated heterocycles. The molecule has 0 atom stereocenters. The third-order valence-electron chi connectivity index (χ3n) is 2.95. The Hall–Kier alpha value is -1.22. The Morgan fingerprint density at radius 3 is 1.56 bits per heavy atom. The van der Waals surface area contributed by atoms with Gasteiger partial charge in [0.25, 0.3) is 0 Å². The maximum Gasteiger partial charge on any atom is 0.126 e. The van der Waals surface area contributed by atoms with E-state index in [9.17, 15) is 8.78 Å². The molecular formula is C15H13BrF2. The first kappa shape index (κ1) is 13.2. The van der Waals surface area contributed by atoms with Gasteiger partial charge in [-0.2, -0.15) is 0 Å². The molecule has 0 radical (unpaired) electrons. The highest BCUT2D eigenvalue weighted by Crippen LogP contribution is 2.32. The third kappa shape index (κ3) is 2.61. The molecule has 2 rings (SSSR count). The molecule has 0 aliphatic rings. The SMILES string of the molecule is Cc1cc(C(Br)c2ccc(F)c(C)c2)ccc1F. The van der Waals surface area contributed by atoms with E-state index in [1.54, 1.807) is 38.1 Å². The summed E-state index contributed by atoms with van der Waals surface area (Å²) in [6.45, 7) is 3.46. The Morgan fingerprint density at radius 1 is 0.833 bits per heavy atom. The molecule has 0 nitrogen and oxygen atoms in total. The molecule has 3 heteroatoms. The summed E-state index contributed by atoms with van der Waals surface area (Å²) in [6, 6.07) is 9.98. The minimum atomic E-state index is -0.214. The van der Waals surface area contributed by atoms with Crippen LogP contribution in [0.3, 0.4) is 0 Å². The lowest BCUT2D eigenvalue weighted by Gasteiger charge is -2.13. The normalized spacial score (nSPS) is 11.0. The lowest BCUT2D eigenvalue weighted by molar-refractivity contribution is 0.617. The molecule has 2 aromatic carbocycles. The molecule has 0 bridgehead atoms. The Kier molecular flexibility index (Phi) is 3.81. The summed E-state index contributed by atoms with van der Waals surface area (Å²) in [4.78, 5) is -0.0592. The van der Waals surface area contributed by atoms with Crippen molar-refractivity contribution in [3.05, 3.63) is 70.3 Å². The molecule has 0 unspecified atom stereocenters. The van der Waals surface area contributed by atoms with Crippen molar-refractivity contribution in [1.82, 2.24) is 0 Å². The zero-order valence-corrected chi connectivity index (χ0v) is 11.8. The van der Waals surface area contributed by atoms with Crippen LogP contribution in [-0.4, -0.2) is 0 Å². The lowest BCUT2D eigenvalue weighted by atomic mass is 10.0. The van der Waals surface area contributed by atoms with Crippen LogP contribution in [0.5, 0.6) is 0 Å². The first-order valence-electron chi connectivity index (χ1n) is 5.65. The fourth-order valence-electron chi connectivity index (χ4n) is 1.84. The van der Waals surface area contributed by atoms with Crippen molar-refractivity contribution >= 4 is 15.9 Å². The van der Waals surface area contributed by atoms with Crippen LogP contribution in [0.15, 0.2) is 36.4 Å². The van der Waals surface area contributed by atoms with Gasteiger partial charge in [0.1, 0.15) is 11.6 Å². The predicted octanol–water partition coefficient (Wildman–Crippen LogP) is 5.07. The van der Waals surface area contributed by atoms with Gasteiger partial charge < -0.3 is 0 Å². The maximum atomic E-state index is 13.2. The minimum Gasteiger partial charge on any atom is -0.207 e. The molecule has 2 aromatic rings. The van der Waals surface area contributed by atoms with E-state index in [1.165, 1.54) is 12.1 Å². The maximum absolute atomic E-state index is 13.2. The fourth-order valence-corrected chi connectivity index (χ4v) is 2.41. The van der Waals surface area contributed by atoms with Crippen molar-refractivity contribution < 1.29 is 8.78 Å². The van der Waals surface area contributed by atoms with Crippen LogP contribution >= 0.6 is 15.9 Å². The van der Waals surface area contributed by atoms with Crippen molar-refractivity contribution in [2.24, 2.45) is 0 Å². The number of alkyl halides is 1. The summed E-state index contributed by atoms with van der Waals surface area (Å²) in [5, 5.41) is 0. The van der Waals surface area contributed by atoms with Gasteiger partial charge in [0.2, 0.25) is 0 Å². The Bertz CT molecular complexity index is 527. The quantitative estimate of drug-likeness (QED) is 0.680. The average molecular weight is 311 g/mol. The zero-order valence-electron chi connectivity index (χ0n) is 10.2. The zero-order chi connectivity index (χ0) is 13.3. The van der Waals surface area contributed by atoms with Crippen molar-refractivity contribution in [2.45, 2.75) is 18.7 Å². The van der Waals surface area contributed by atoms with Crippen LogP contribution in [0, 0.1) is 25.5 Å². The Morgan fingerprint density at radius 2 is 1.22 bits per heavy atom. The minimum absolute atomic E-state index is 0.0592. The van der Waals surface area contributed by atoms with Crippen molar-refractivity contribution in [2.75, 3.05) is 0 Å². The lowest BCUT2D eigenvalue weighted by Crippen LogP contribution is -1.96. The molecule has 0 spiro atoms. The van der Waals surface area contributed by atoms with Gasteiger partial charge in [0.15, 0.2) is 0 Å². The number of benzene rings is 2. The summed E-state index contributed by atoms with van der Waals surface area (Å²) in [6.07, 6.45) is 0. The molecule has 0 heterocycles. The molecule has 18 heavy (non-hydrogen) atoms. The monoisotopic (exact) mass is 310 g/mol. The van der Waals surface area contributed by atoms with E-state index in [-0.39, 0.29) is 16.5 Å². The van der Waals surface area contributed by atoms with E-state index < -0.39 is 0 Å². The van der Waals surface area contributed by atoms with Crippen LogP contribution < -0.4 is 0 Å². The van der Waals surface area contributed by atoms with Gasteiger partial charge in [0.05, 0.1) is 4.83 Å². The molecule has 0 aromatic heterocycles. The molecule has 0 N–H and O–H groups in total. The van der Waals surface area contributed by atoms with E-state index in [0.29, 0.717) is 11.1 Å². The van der Waals surface area contributed by atoms with E-state index in [4.69, 9.17) is 0 Å². The second kappa shape index (κ2) is 5.19. The van der Waals surface area contributed by atoms with E-state index >= 15 is 0 Å². The summed E-state index contributed by atoms with van der Waals surface area (Å²) in [5.41, 5.74) is 3.13. The number of hydrogen-bond acceptors (Lipinski definition) is 0. The van der Waals surface area contributed by atoms with Crippen molar-refractivity contribution in [3.63, 3.8) is 0 Å². The average Bonchev–Trinajstić information content (AvgIpc) is 2.35. The number of hydrogen-bond donors (Lipinski definition) is 0. The van der Waals surface area contributed by atoms with Crippen LogP contribution in [0.25, 0.3) is 0 Å². The van der Waals surface area contributed by atoms with E-state index in [2.05, 4.69) is 15.9 Å². The second-order valence-electron chi connectivity index (χ2n) is 4.38. The predicted molar refractivity (Wildman–Crippen MR) is 73.0 cm³/mol. The van der Waals surface area contributed by atoms with Crippen LogP contribution in [0.4, 0.5) is 8.78 Å². The molecule has 0 aliphatic heterocycles. The fraction of sp³-hybridized carbons (Fsp3) is 0.200. The summed E-state index contributed by atoms with van der Waals surface area (Å²) in [5.74, 6) is -0.428. The van der Waals surface area contributed by atoms with Crippen LogP contribution in [0.1, 0.15) is 27.1 Å². The van der Waals surface area contributed by atoms with Gasteiger partial charge >= 0.3 is 0 Å². The summed E-state index contributed by atoms with van der Waals surface area (Å²) >= 11 is 3.57. The molecule has 0 fully saturated rings. The largest absolute Gasteiger partial charge is 0.207 e. The third-order valence-corrected chi connectivity index (χ3v) is 4.01. The number of halogens is 3. The van der Waals surface area contributed by atoms with Gasteiger partial charge in [-0.05, 0) is 48.2 Å². The molecule has 0 aliphatic carbocycles. The highest BCUT2D eigenvalue weighted by molar-refractivity contribution is 9.09. The van der Waals surface area contributed by atoms with Gasteiger partial charge in [-0.3, -0.25) is 0 Å². The highest BCUT2D eigenvalue weighted by atomic mass is 79.9. The second-order valence-corrected chi connectivity index (χ2v) is 5.30. The van der Waals surface area contributed by atoms with E-state index in [1.807, 2.05) is 0 Å². The van der Waals surface area contributed by atoms with Crippen molar-refractivity contribution in [1.29, 1.82) is 0 Å². The van der Waals surface area contributed by atoms with E-state index in [0.717, 1.165) is 11.1 Å². The Labute approximate surface area is 114 Å². The molecule has 0 amide bonds. The standard InChI is InChI=1S/C15H13BrF2/c1-9-7-11(3-5-13(9)17)15(16)12-4-6-14(18)10(2)8-12/h3-8,15H,1-2H3. The molecular weight excluding hydrogens is 298 g/mol. The van der Waals surface area contributed by atoms with Crippen LogP contribution in [-0.2, 0) is 0 Å². The van der Waals surface area contributed by atoms with Gasteiger partial charge in [-0.15, -0.1) is 0 Å². The smallest absolute Gasteiger partial charge is 0.126 e. The summed E-state index contributed by atoms with van der Waals surface area (Å²) < 4.78 is 26.4. The molecule has 0 saturated carbocycles. The van der Waals surface area contributed by atoms with Crippen molar-refractivity contribution in [3.8, 4) is 0 Å². The van der Waals surface area contributed by atoms with Gasteiger partial charge in [-0.1, -0.05) is 40.2 Å². The molecule has 94 valence electrons. The summed E-state index contributed by atoms with van der Waals surface area (Å²) in [7, 11) is 0.